The van der Waals surface area contributed by atoms with Gasteiger partial charge < -0.3 is 5.32 Å². The SMILES string of the molecule is CCC1=C/C=C/CCN\C(C)=C\1. The van der Waals surface area contributed by atoms with E-state index < -0.39 is 0 Å². The third-order valence-corrected chi connectivity index (χ3v) is 1.97. The molecular weight excluding hydrogens is 146 g/mol. The van der Waals surface area contributed by atoms with Crippen molar-refractivity contribution in [3.63, 3.8) is 0 Å². The molecule has 0 aromatic heterocycles. The largest absolute Gasteiger partial charge is 0.388 e. The van der Waals surface area contributed by atoms with Gasteiger partial charge in [-0.15, -0.1) is 0 Å². The molecule has 0 aliphatic carbocycles. The second-order valence-corrected chi connectivity index (χ2v) is 3.07. The molecule has 0 unspecified atom stereocenters. The summed E-state index contributed by atoms with van der Waals surface area (Å²) in [6.45, 7) is 5.35. The van der Waals surface area contributed by atoms with E-state index in [4.69, 9.17) is 0 Å². The first kappa shape index (κ1) is 9.11. The molecule has 0 fully saturated rings. The monoisotopic (exact) mass is 163 g/mol. The van der Waals surface area contributed by atoms with Crippen LogP contribution in [0.4, 0.5) is 0 Å². The van der Waals surface area contributed by atoms with Crippen LogP contribution in [-0.2, 0) is 0 Å². The molecule has 1 aliphatic heterocycles. The molecule has 0 saturated heterocycles. The lowest BCUT2D eigenvalue weighted by Gasteiger charge is -2.04. The molecular formula is C11H17N. The summed E-state index contributed by atoms with van der Waals surface area (Å²) in [6.07, 6.45) is 11.0. The number of allylic oxidation sites excluding steroid dienone is 5. The van der Waals surface area contributed by atoms with E-state index in [0.29, 0.717) is 0 Å². The molecule has 1 heteroatoms. The van der Waals surface area contributed by atoms with E-state index in [-0.39, 0.29) is 0 Å². The van der Waals surface area contributed by atoms with Gasteiger partial charge in [0.25, 0.3) is 0 Å². The number of nitrogens with one attached hydrogen (secondary N) is 1. The van der Waals surface area contributed by atoms with Crippen LogP contribution in [0, 0.1) is 0 Å². The van der Waals surface area contributed by atoms with Crippen LogP contribution in [0.25, 0.3) is 0 Å². The highest BCUT2D eigenvalue weighted by Crippen LogP contribution is 2.07. The lowest BCUT2D eigenvalue weighted by molar-refractivity contribution is 0.802. The van der Waals surface area contributed by atoms with Gasteiger partial charge in [0.1, 0.15) is 0 Å². The van der Waals surface area contributed by atoms with Crippen LogP contribution in [0.3, 0.4) is 0 Å². The van der Waals surface area contributed by atoms with Gasteiger partial charge in [0, 0.05) is 12.2 Å². The lowest BCUT2D eigenvalue weighted by atomic mass is 10.1. The minimum Gasteiger partial charge on any atom is -0.388 e. The maximum Gasteiger partial charge on any atom is 0.0178 e. The van der Waals surface area contributed by atoms with Crippen molar-refractivity contribution < 1.29 is 0 Å². The van der Waals surface area contributed by atoms with Crippen molar-refractivity contribution in [2.75, 3.05) is 6.54 Å². The summed E-state index contributed by atoms with van der Waals surface area (Å²) in [5, 5.41) is 3.36. The van der Waals surface area contributed by atoms with E-state index in [2.05, 4.69) is 43.5 Å². The van der Waals surface area contributed by atoms with E-state index in [1.54, 1.807) is 0 Å². The molecule has 1 nitrogen and oxygen atoms in total. The highest BCUT2D eigenvalue weighted by atomic mass is 14.9. The summed E-state index contributed by atoms with van der Waals surface area (Å²) in [7, 11) is 0. The molecule has 0 spiro atoms. The van der Waals surface area contributed by atoms with Crippen LogP contribution in [0.1, 0.15) is 26.7 Å². The fourth-order valence-electron chi connectivity index (χ4n) is 1.24. The van der Waals surface area contributed by atoms with Gasteiger partial charge in [-0.05, 0) is 31.4 Å². The van der Waals surface area contributed by atoms with Gasteiger partial charge in [-0.3, -0.25) is 0 Å². The molecule has 0 radical (unpaired) electrons. The van der Waals surface area contributed by atoms with Gasteiger partial charge in [-0.25, -0.2) is 0 Å². The van der Waals surface area contributed by atoms with E-state index >= 15 is 0 Å². The third kappa shape index (κ3) is 2.95. The smallest absolute Gasteiger partial charge is 0.0178 e. The van der Waals surface area contributed by atoms with E-state index in [9.17, 15) is 0 Å². The second-order valence-electron chi connectivity index (χ2n) is 3.07. The summed E-state index contributed by atoms with van der Waals surface area (Å²) in [5.41, 5.74) is 2.66. The van der Waals surface area contributed by atoms with Crippen LogP contribution in [-0.4, -0.2) is 6.54 Å². The average Bonchev–Trinajstić information content (AvgIpc) is 2.16. The van der Waals surface area contributed by atoms with Crippen molar-refractivity contribution in [3.8, 4) is 0 Å². The normalized spacial score (nSPS) is 29.5. The van der Waals surface area contributed by atoms with Crippen LogP contribution in [0.15, 0.2) is 35.6 Å². The zero-order valence-corrected chi connectivity index (χ0v) is 7.93. The van der Waals surface area contributed by atoms with Crippen molar-refractivity contribution in [2.45, 2.75) is 26.7 Å². The Morgan fingerprint density at radius 2 is 2.33 bits per heavy atom. The fraction of sp³-hybridized carbons (Fsp3) is 0.455. The Morgan fingerprint density at radius 3 is 3.08 bits per heavy atom. The van der Waals surface area contributed by atoms with Crippen LogP contribution in [0.5, 0.6) is 0 Å². The average molecular weight is 163 g/mol. The van der Waals surface area contributed by atoms with Crippen molar-refractivity contribution in [1.29, 1.82) is 0 Å². The molecule has 66 valence electrons. The van der Waals surface area contributed by atoms with Crippen LogP contribution >= 0.6 is 0 Å². The molecule has 0 saturated carbocycles. The van der Waals surface area contributed by atoms with Gasteiger partial charge in [0.2, 0.25) is 0 Å². The van der Waals surface area contributed by atoms with Crippen LogP contribution in [0.2, 0.25) is 0 Å². The van der Waals surface area contributed by atoms with Gasteiger partial charge in [-0.1, -0.05) is 25.2 Å². The van der Waals surface area contributed by atoms with E-state index in [1.807, 2.05) is 0 Å². The first-order valence-electron chi connectivity index (χ1n) is 4.61. The quantitative estimate of drug-likeness (QED) is 0.626. The van der Waals surface area contributed by atoms with Gasteiger partial charge in [0.05, 0.1) is 0 Å². The Hall–Kier alpha value is -0.980. The molecule has 1 rings (SSSR count). The standard InChI is InChI=1S/C11H17N/c1-3-11-7-5-4-6-8-12-10(2)9-11/h4-5,7,9,12H,3,6,8H2,1-2H3/b5-4+,10-9+,11-7-. The molecule has 0 bridgehead atoms. The number of hydrogen-bond donors (Lipinski definition) is 1. The Bertz CT molecular complexity index is 218. The predicted octanol–water partition coefficient (Wildman–Crippen LogP) is 2.78. The minimum absolute atomic E-state index is 1.05. The second kappa shape index (κ2) is 4.81. The van der Waals surface area contributed by atoms with Crippen molar-refractivity contribution in [2.24, 2.45) is 0 Å². The molecule has 1 heterocycles. The lowest BCUT2D eigenvalue weighted by Crippen LogP contribution is -2.11. The Balaban J connectivity index is 2.76. The highest BCUT2D eigenvalue weighted by Gasteiger charge is 1.92. The van der Waals surface area contributed by atoms with Gasteiger partial charge in [0.15, 0.2) is 0 Å². The summed E-state index contributed by atoms with van der Waals surface area (Å²) in [4.78, 5) is 0. The van der Waals surface area contributed by atoms with Crippen molar-refractivity contribution in [3.05, 3.63) is 35.6 Å². The molecule has 1 N–H and O–H groups in total. The zero-order valence-electron chi connectivity index (χ0n) is 7.93. The first-order valence-corrected chi connectivity index (χ1v) is 4.61. The summed E-state index contributed by atoms with van der Waals surface area (Å²) < 4.78 is 0. The maximum atomic E-state index is 3.36. The minimum atomic E-state index is 1.05. The molecule has 0 amide bonds. The number of rotatable bonds is 1. The van der Waals surface area contributed by atoms with Crippen molar-refractivity contribution in [1.82, 2.24) is 5.32 Å². The summed E-state index contributed by atoms with van der Waals surface area (Å²) >= 11 is 0. The summed E-state index contributed by atoms with van der Waals surface area (Å²) in [5.74, 6) is 0. The number of hydrogen-bond acceptors (Lipinski definition) is 1. The molecule has 0 aromatic carbocycles. The predicted molar refractivity (Wildman–Crippen MR) is 53.9 cm³/mol. The maximum absolute atomic E-state index is 3.36. The zero-order chi connectivity index (χ0) is 8.81. The fourth-order valence-corrected chi connectivity index (χ4v) is 1.24. The molecule has 1 aliphatic rings. The van der Waals surface area contributed by atoms with E-state index in [0.717, 1.165) is 19.4 Å². The van der Waals surface area contributed by atoms with Crippen molar-refractivity contribution >= 4 is 0 Å². The Kier molecular flexibility index (Phi) is 3.65. The van der Waals surface area contributed by atoms with E-state index in [1.165, 1.54) is 11.3 Å². The Morgan fingerprint density at radius 1 is 1.50 bits per heavy atom. The Labute approximate surface area is 74.9 Å². The molecule has 0 aromatic rings. The van der Waals surface area contributed by atoms with Crippen LogP contribution < -0.4 is 5.32 Å². The molecule has 12 heavy (non-hydrogen) atoms. The molecule has 0 atom stereocenters. The van der Waals surface area contributed by atoms with Gasteiger partial charge >= 0.3 is 0 Å². The highest BCUT2D eigenvalue weighted by molar-refractivity contribution is 5.26. The third-order valence-electron chi connectivity index (χ3n) is 1.97. The topological polar surface area (TPSA) is 12.0 Å². The van der Waals surface area contributed by atoms with Gasteiger partial charge in [-0.2, -0.15) is 0 Å². The summed E-state index contributed by atoms with van der Waals surface area (Å²) in [6, 6.07) is 0. The first-order chi connectivity index (χ1) is 5.83.